The van der Waals surface area contributed by atoms with Crippen LogP contribution in [0.1, 0.15) is 21.5 Å². The zero-order valence-corrected chi connectivity index (χ0v) is 14.3. The molecule has 0 aliphatic rings. The topological polar surface area (TPSA) is 72.9 Å². The second-order valence-corrected chi connectivity index (χ2v) is 7.04. The standard InChI is InChI=1S/C17H19NO5S/c1-18(23-12-14-8-4-3-5-9-14)24(20,21)13-15-10-6-7-11-16(15)17(19)22-2/h3-11H,12-13H2,1-2H3. The Balaban J connectivity index is 2.09. The molecule has 0 saturated heterocycles. The molecule has 24 heavy (non-hydrogen) atoms. The Kier molecular flexibility index (Phi) is 6.08. The molecule has 2 rings (SSSR count). The maximum atomic E-state index is 12.4. The maximum Gasteiger partial charge on any atom is 0.338 e. The molecule has 7 heteroatoms. The molecule has 0 bridgehead atoms. The Labute approximate surface area is 141 Å². The number of carbonyl (C=O) groups is 1. The number of sulfonamides is 1. The van der Waals surface area contributed by atoms with Gasteiger partial charge in [-0.05, 0) is 17.2 Å². The zero-order valence-electron chi connectivity index (χ0n) is 13.5. The van der Waals surface area contributed by atoms with Gasteiger partial charge in [-0.2, -0.15) is 0 Å². The van der Waals surface area contributed by atoms with Crippen molar-refractivity contribution < 1.29 is 22.8 Å². The largest absolute Gasteiger partial charge is 0.465 e. The number of hydrogen-bond acceptors (Lipinski definition) is 5. The fourth-order valence-corrected chi connectivity index (χ4v) is 3.10. The van der Waals surface area contributed by atoms with E-state index in [0.29, 0.717) is 5.56 Å². The number of rotatable bonds is 7. The first-order valence-corrected chi connectivity index (χ1v) is 8.84. The lowest BCUT2D eigenvalue weighted by Crippen LogP contribution is -2.29. The van der Waals surface area contributed by atoms with Crippen LogP contribution >= 0.6 is 0 Å². The van der Waals surface area contributed by atoms with Crippen LogP contribution in [0.3, 0.4) is 0 Å². The number of benzene rings is 2. The van der Waals surface area contributed by atoms with Gasteiger partial charge in [0.2, 0.25) is 10.0 Å². The second kappa shape index (κ2) is 8.05. The predicted molar refractivity (Wildman–Crippen MR) is 89.4 cm³/mol. The van der Waals surface area contributed by atoms with Gasteiger partial charge in [0, 0.05) is 7.05 Å². The van der Waals surface area contributed by atoms with Gasteiger partial charge in [-0.1, -0.05) is 53.0 Å². The van der Waals surface area contributed by atoms with Crippen LogP contribution in [0.25, 0.3) is 0 Å². The Morgan fingerprint density at radius 3 is 2.33 bits per heavy atom. The first-order chi connectivity index (χ1) is 11.4. The van der Waals surface area contributed by atoms with Crippen molar-refractivity contribution in [3.8, 4) is 0 Å². The molecule has 0 radical (unpaired) electrons. The van der Waals surface area contributed by atoms with Gasteiger partial charge in [0.05, 0.1) is 25.0 Å². The van der Waals surface area contributed by atoms with Crippen molar-refractivity contribution in [3.63, 3.8) is 0 Å². The van der Waals surface area contributed by atoms with Crippen LogP contribution in [-0.4, -0.2) is 33.0 Å². The van der Waals surface area contributed by atoms with Crippen LogP contribution in [0.5, 0.6) is 0 Å². The van der Waals surface area contributed by atoms with Gasteiger partial charge < -0.3 is 4.74 Å². The Hall–Kier alpha value is -2.22. The molecule has 0 aliphatic carbocycles. The number of esters is 1. The van der Waals surface area contributed by atoms with E-state index in [1.54, 1.807) is 18.2 Å². The van der Waals surface area contributed by atoms with E-state index in [1.165, 1.54) is 20.2 Å². The molecular weight excluding hydrogens is 330 g/mol. The highest BCUT2D eigenvalue weighted by Gasteiger charge is 2.23. The van der Waals surface area contributed by atoms with Crippen LogP contribution in [0.15, 0.2) is 54.6 Å². The normalized spacial score (nSPS) is 11.5. The quantitative estimate of drug-likeness (QED) is 0.567. The molecule has 0 heterocycles. The number of methoxy groups -OCH3 is 1. The summed E-state index contributed by atoms with van der Waals surface area (Å²) in [5.74, 6) is -0.933. The van der Waals surface area contributed by atoms with Crippen LogP contribution in [0, 0.1) is 0 Å². The maximum absolute atomic E-state index is 12.4. The Morgan fingerprint density at radius 1 is 1.04 bits per heavy atom. The number of ether oxygens (including phenoxy) is 1. The molecule has 6 nitrogen and oxygen atoms in total. The minimum atomic E-state index is -3.74. The summed E-state index contributed by atoms with van der Waals surface area (Å²) in [6.45, 7) is 0.134. The second-order valence-electron chi connectivity index (χ2n) is 5.07. The Morgan fingerprint density at radius 2 is 1.67 bits per heavy atom. The summed E-state index contributed by atoms with van der Waals surface area (Å²) in [7, 11) is -1.16. The Bertz CT molecular complexity index is 790. The molecule has 128 valence electrons. The summed E-state index contributed by atoms with van der Waals surface area (Å²) in [5.41, 5.74) is 1.44. The minimum absolute atomic E-state index is 0.134. The van der Waals surface area contributed by atoms with Crippen molar-refractivity contribution in [1.29, 1.82) is 0 Å². The summed E-state index contributed by atoms with van der Waals surface area (Å²) >= 11 is 0. The number of hydroxylamine groups is 1. The van der Waals surface area contributed by atoms with Crippen LogP contribution in [0.4, 0.5) is 0 Å². The molecule has 0 fully saturated rings. The summed E-state index contributed by atoms with van der Waals surface area (Å²) in [4.78, 5) is 17.1. The van der Waals surface area contributed by atoms with Crippen LogP contribution in [-0.2, 0) is 32.0 Å². The van der Waals surface area contributed by atoms with Gasteiger partial charge in [0.25, 0.3) is 0 Å². The van der Waals surface area contributed by atoms with Crippen LogP contribution in [0.2, 0.25) is 0 Å². The molecule has 0 aromatic heterocycles. The SMILES string of the molecule is COC(=O)c1ccccc1CS(=O)(=O)N(C)OCc1ccccc1. The van der Waals surface area contributed by atoms with Crippen molar-refractivity contribution in [2.75, 3.05) is 14.2 Å². The van der Waals surface area contributed by atoms with Crippen molar-refractivity contribution >= 4 is 16.0 Å². The van der Waals surface area contributed by atoms with Crippen LogP contribution < -0.4 is 0 Å². The lowest BCUT2D eigenvalue weighted by molar-refractivity contribution is -0.0771. The van der Waals surface area contributed by atoms with E-state index in [-0.39, 0.29) is 17.9 Å². The van der Waals surface area contributed by atoms with Gasteiger partial charge in [0.1, 0.15) is 0 Å². The first-order valence-electron chi connectivity index (χ1n) is 7.23. The van der Waals surface area contributed by atoms with E-state index in [1.807, 2.05) is 30.3 Å². The number of carbonyl (C=O) groups excluding carboxylic acids is 1. The van der Waals surface area contributed by atoms with Gasteiger partial charge >= 0.3 is 5.97 Å². The highest BCUT2D eigenvalue weighted by molar-refractivity contribution is 7.88. The number of hydrogen-bond donors (Lipinski definition) is 0. The molecule has 0 unspecified atom stereocenters. The summed E-state index contributed by atoms with van der Waals surface area (Å²) < 4.78 is 30.4. The van der Waals surface area contributed by atoms with E-state index in [9.17, 15) is 13.2 Å². The fourth-order valence-electron chi connectivity index (χ4n) is 2.06. The van der Waals surface area contributed by atoms with Gasteiger partial charge in [-0.15, -0.1) is 0 Å². The van der Waals surface area contributed by atoms with Gasteiger partial charge in [0.15, 0.2) is 0 Å². The molecule has 0 saturated carbocycles. The molecule has 0 atom stereocenters. The van der Waals surface area contributed by atoms with Gasteiger partial charge in [-0.3, -0.25) is 4.84 Å². The smallest absolute Gasteiger partial charge is 0.338 e. The monoisotopic (exact) mass is 349 g/mol. The van der Waals surface area contributed by atoms with Crippen molar-refractivity contribution in [2.24, 2.45) is 0 Å². The molecular formula is C17H19NO5S. The highest BCUT2D eigenvalue weighted by atomic mass is 32.2. The molecule has 2 aromatic carbocycles. The zero-order chi connectivity index (χ0) is 17.6. The fraction of sp³-hybridized carbons (Fsp3) is 0.235. The summed E-state index contributed by atoms with van der Waals surface area (Å²) in [6.07, 6.45) is 0. The van der Waals surface area contributed by atoms with Gasteiger partial charge in [-0.25, -0.2) is 13.2 Å². The van der Waals surface area contributed by atoms with Crippen molar-refractivity contribution in [2.45, 2.75) is 12.4 Å². The lowest BCUT2D eigenvalue weighted by atomic mass is 10.1. The van der Waals surface area contributed by atoms with Crippen molar-refractivity contribution in [3.05, 3.63) is 71.3 Å². The third kappa shape index (κ3) is 4.64. The van der Waals surface area contributed by atoms with E-state index in [2.05, 4.69) is 4.74 Å². The highest BCUT2D eigenvalue weighted by Crippen LogP contribution is 2.16. The number of nitrogens with zero attached hydrogens (tertiary/aromatic N) is 1. The minimum Gasteiger partial charge on any atom is -0.465 e. The van der Waals surface area contributed by atoms with Crippen molar-refractivity contribution in [1.82, 2.24) is 4.47 Å². The van der Waals surface area contributed by atoms with E-state index < -0.39 is 16.0 Å². The average Bonchev–Trinajstić information content (AvgIpc) is 2.60. The summed E-state index contributed by atoms with van der Waals surface area (Å²) in [5, 5.41) is 0. The molecule has 0 spiro atoms. The molecule has 0 N–H and O–H groups in total. The summed E-state index contributed by atoms with van der Waals surface area (Å²) in [6, 6.07) is 15.7. The molecule has 0 amide bonds. The van der Waals surface area contributed by atoms with E-state index >= 15 is 0 Å². The third-order valence-corrected chi connectivity index (χ3v) is 4.97. The molecule has 0 aliphatic heterocycles. The van der Waals surface area contributed by atoms with E-state index in [4.69, 9.17) is 4.84 Å². The first kappa shape index (κ1) is 18.1. The lowest BCUT2D eigenvalue weighted by Gasteiger charge is -2.17. The molecule has 2 aromatic rings. The average molecular weight is 349 g/mol. The van der Waals surface area contributed by atoms with E-state index in [0.717, 1.165) is 10.0 Å². The third-order valence-electron chi connectivity index (χ3n) is 3.41. The predicted octanol–water partition coefficient (Wildman–Crippen LogP) is 2.37.